The van der Waals surface area contributed by atoms with E-state index in [4.69, 9.17) is 0 Å². The molecule has 0 radical (unpaired) electrons. The molecule has 1 aromatic rings. The van der Waals surface area contributed by atoms with E-state index in [2.05, 4.69) is 51.1 Å². The van der Waals surface area contributed by atoms with Crippen molar-refractivity contribution in [2.75, 3.05) is 19.6 Å². The van der Waals surface area contributed by atoms with Gasteiger partial charge in [-0.3, -0.25) is 3.89 Å². The Labute approximate surface area is 91.8 Å². The maximum absolute atomic E-state index is 2.27. The molecule has 0 aliphatic heterocycles. The first-order valence-electron chi connectivity index (χ1n) is 5.37. The molecule has 0 saturated heterocycles. The standard InChI is InChI=1S/C12H20NS/c1-4-13(5-2,6-3)14-12-10-8-7-9-11-12/h7-11H,4-6H2,1-3H3/q+1. The van der Waals surface area contributed by atoms with Crippen LogP contribution < -0.4 is 0 Å². The van der Waals surface area contributed by atoms with Crippen molar-refractivity contribution in [2.24, 2.45) is 0 Å². The second-order valence-electron chi connectivity index (χ2n) is 3.41. The van der Waals surface area contributed by atoms with E-state index in [1.807, 2.05) is 11.9 Å². The normalized spacial score (nSPS) is 11.6. The molecule has 14 heavy (non-hydrogen) atoms. The van der Waals surface area contributed by atoms with Gasteiger partial charge in [-0.25, -0.2) is 0 Å². The number of rotatable bonds is 5. The molecule has 0 unspecified atom stereocenters. The van der Waals surface area contributed by atoms with Gasteiger partial charge >= 0.3 is 0 Å². The van der Waals surface area contributed by atoms with Crippen molar-refractivity contribution < 1.29 is 3.89 Å². The minimum absolute atomic E-state index is 1.12. The van der Waals surface area contributed by atoms with Crippen LogP contribution in [0, 0.1) is 0 Å². The van der Waals surface area contributed by atoms with E-state index in [-0.39, 0.29) is 0 Å². The highest BCUT2D eigenvalue weighted by Gasteiger charge is 2.23. The fourth-order valence-electron chi connectivity index (χ4n) is 1.57. The lowest BCUT2D eigenvalue weighted by Gasteiger charge is -2.32. The molecule has 0 saturated carbocycles. The third kappa shape index (κ3) is 2.76. The fraction of sp³-hybridized carbons (Fsp3) is 0.500. The Bertz CT molecular complexity index is 246. The zero-order valence-electron chi connectivity index (χ0n) is 9.36. The van der Waals surface area contributed by atoms with Gasteiger partial charge in [0.2, 0.25) is 0 Å². The summed E-state index contributed by atoms with van der Waals surface area (Å²) in [6.07, 6.45) is 0. The maximum atomic E-state index is 2.27. The molecule has 0 aliphatic rings. The monoisotopic (exact) mass is 210 g/mol. The van der Waals surface area contributed by atoms with E-state index in [0.717, 1.165) is 3.89 Å². The molecule has 0 aromatic heterocycles. The van der Waals surface area contributed by atoms with Crippen LogP contribution in [0.15, 0.2) is 35.2 Å². The molecule has 1 nitrogen and oxygen atoms in total. The second-order valence-corrected chi connectivity index (χ2v) is 4.84. The van der Waals surface area contributed by atoms with E-state index < -0.39 is 0 Å². The maximum Gasteiger partial charge on any atom is 0.112 e. The van der Waals surface area contributed by atoms with Crippen molar-refractivity contribution in [1.82, 2.24) is 0 Å². The number of nitrogens with zero attached hydrogens (tertiary/aromatic N) is 1. The van der Waals surface area contributed by atoms with Crippen LogP contribution in [0.2, 0.25) is 0 Å². The molecule has 0 amide bonds. The van der Waals surface area contributed by atoms with E-state index in [0.29, 0.717) is 0 Å². The quantitative estimate of drug-likeness (QED) is 0.529. The molecule has 1 rings (SSSR count). The molecule has 0 N–H and O–H groups in total. The topological polar surface area (TPSA) is 0 Å². The minimum Gasteiger partial charge on any atom is -0.258 e. The van der Waals surface area contributed by atoms with Gasteiger partial charge in [0.25, 0.3) is 0 Å². The van der Waals surface area contributed by atoms with Gasteiger partial charge < -0.3 is 0 Å². The Kier molecular flexibility index (Phi) is 4.49. The zero-order valence-corrected chi connectivity index (χ0v) is 10.2. The molecule has 0 atom stereocenters. The summed E-state index contributed by atoms with van der Waals surface area (Å²) in [4.78, 5) is 1.37. The van der Waals surface area contributed by atoms with Gasteiger partial charge in [0.15, 0.2) is 0 Å². The summed E-state index contributed by atoms with van der Waals surface area (Å²) in [7, 11) is 0. The summed E-state index contributed by atoms with van der Waals surface area (Å²) >= 11 is 1.97. The summed E-state index contributed by atoms with van der Waals surface area (Å²) in [6, 6.07) is 10.7. The largest absolute Gasteiger partial charge is 0.258 e. The van der Waals surface area contributed by atoms with Crippen molar-refractivity contribution >= 4 is 11.9 Å². The van der Waals surface area contributed by atoms with Crippen LogP contribution in [-0.4, -0.2) is 23.5 Å². The van der Waals surface area contributed by atoms with Gasteiger partial charge in [0, 0.05) is 0 Å². The van der Waals surface area contributed by atoms with Crippen LogP contribution in [0.25, 0.3) is 0 Å². The molecule has 0 bridgehead atoms. The van der Waals surface area contributed by atoms with Gasteiger partial charge in [-0.15, -0.1) is 0 Å². The predicted molar refractivity (Wildman–Crippen MR) is 64.2 cm³/mol. The zero-order chi connectivity index (χ0) is 10.4. The first kappa shape index (κ1) is 11.6. The van der Waals surface area contributed by atoms with Gasteiger partial charge in [-0.05, 0) is 32.9 Å². The molecular formula is C12H20NS+. The smallest absolute Gasteiger partial charge is 0.112 e. The lowest BCUT2D eigenvalue weighted by molar-refractivity contribution is -0.789. The van der Waals surface area contributed by atoms with Gasteiger partial charge in [-0.2, -0.15) is 0 Å². The summed E-state index contributed by atoms with van der Waals surface area (Å²) in [5.74, 6) is 0. The third-order valence-electron chi connectivity index (χ3n) is 2.77. The molecule has 0 fully saturated rings. The van der Waals surface area contributed by atoms with Gasteiger partial charge in [-0.1, -0.05) is 18.2 Å². The van der Waals surface area contributed by atoms with E-state index in [1.54, 1.807) is 0 Å². The highest BCUT2D eigenvalue weighted by atomic mass is 32.2. The highest BCUT2D eigenvalue weighted by molar-refractivity contribution is 7.93. The summed E-state index contributed by atoms with van der Waals surface area (Å²) in [5.41, 5.74) is 0. The lowest BCUT2D eigenvalue weighted by atomic mass is 10.4. The molecule has 0 spiro atoms. The Morgan fingerprint density at radius 2 is 1.43 bits per heavy atom. The fourth-order valence-corrected chi connectivity index (χ4v) is 2.68. The summed E-state index contributed by atoms with van der Waals surface area (Å²) in [5, 5.41) is 0. The van der Waals surface area contributed by atoms with Crippen LogP contribution >= 0.6 is 11.9 Å². The summed E-state index contributed by atoms with van der Waals surface area (Å²) in [6.45, 7) is 10.4. The van der Waals surface area contributed by atoms with Crippen molar-refractivity contribution in [1.29, 1.82) is 0 Å². The van der Waals surface area contributed by atoms with E-state index >= 15 is 0 Å². The first-order chi connectivity index (χ1) is 6.76. The van der Waals surface area contributed by atoms with Gasteiger partial charge in [0.05, 0.1) is 24.5 Å². The summed E-state index contributed by atoms with van der Waals surface area (Å²) < 4.78 is 1.12. The average molecular weight is 210 g/mol. The highest BCUT2D eigenvalue weighted by Crippen LogP contribution is 2.29. The van der Waals surface area contributed by atoms with Crippen LogP contribution in [-0.2, 0) is 0 Å². The Morgan fingerprint density at radius 1 is 0.929 bits per heavy atom. The van der Waals surface area contributed by atoms with Crippen molar-refractivity contribution in [2.45, 2.75) is 25.7 Å². The first-order valence-corrected chi connectivity index (χ1v) is 6.14. The van der Waals surface area contributed by atoms with Crippen LogP contribution in [0.1, 0.15) is 20.8 Å². The van der Waals surface area contributed by atoms with Crippen LogP contribution in [0.5, 0.6) is 0 Å². The third-order valence-corrected chi connectivity index (χ3v) is 4.42. The van der Waals surface area contributed by atoms with Gasteiger partial charge in [0.1, 0.15) is 11.9 Å². The SMILES string of the molecule is CC[N+](CC)(CC)Sc1ccccc1. The van der Waals surface area contributed by atoms with Crippen molar-refractivity contribution in [3.63, 3.8) is 0 Å². The number of hydrogen-bond donors (Lipinski definition) is 0. The van der Waals surface area contributed by atoms with Crippen LogP contribution in [0.4, 0.5) is 0 Å². The Balaban J connectivity index is 2.74. The molecule has 0 aliphatic carbocycles. The Morgan fingerprint density at radius 3 is 1.86 bits per heavy atom. The number of benzene rings is 1. The van der Waals surface area contributed by atoms with Crippen LogP contribution in [0.3, 0.4) is 0 Å². The molecule has 78 valence electrons. The molecule has 1 aromatic carbocycles. The molecular weight excluding hydrogens is 190 g/mol. The predicted octanol–water partition coefficient (Wildman–Crippen LogP) is 3.57. The minimum atomic E-state index is 1.12. The molecule has 2 heteroatoms. The van der Waals surface area contributed by atoms with E-state index in [1.165, 1.54) is 24.5 Å². The van der Waals surface area contributed by atoms with Crippen molar-refractivity contribution in [3.8, 4) is 0 Å². The Hall–Kier alpha value is -0.470. The van der Waals surface area contributed by atoms with Crippen molar-refractivity contribution in [3.05, 3.63) is 30.3 Å². The number of quaternary nitrogens is 1. The second kappa shape index (κ2) is 5.42. The average Bonchev–Trinajstić information content (AvgIpc) is 2.28. The van der Waals surface area contributed by atoms with E-state index in [9.17, 15) is 0 Å². The lowest BCUT2D eigenvalue weighted by Crippen LogP contribution is -2.40. The molecule has 0 heterocycles. The number of hydrogen-bond acceptors (Lipinski definition) is 1.